The van der Waals surface area contributed by atoms with Gasteiger partial charge in [0.25, 0.3) is 5.56 Å². The number of H-pyrrole nitrogens is 2. The van der Waals surface area contributed by atoms with Crippen LogP contribution in [0.5, 0.6) is 0 Å². The predicted octanol–water partition coefficient (Wildman–Crippen LogP) is 2.54. The Kier molecular flexibility index (Phi) is 3.31. The van der Waals surface area contributed by atoms with Gasteiger partial charge in [0.2, 0.25) is 0 Å². The summed E-state index contributed by atoms with van der Waals surface area (Å²) in [6.45, 7) is 2.03. The van der Waals surface area contributed by atoms with Crippen LogP contribution in [0.1, 0.15) is 5.56 Å². The van der Waals surface area contributed by atoms with Crippen molar-refractivity contribution in [3.8, 4) is 17.1 Å². The second-order valence-corrected chi connectivity index (χ2v) is 5.78. The highest BCUT2D eigenvalue weighted by Gasteiger charge is 2.10. The lowest BCUT2D eigenvalue weighted by molar-refractivity contribution is 0.828. The topological polar surface area (TPSA) is 92.2 Å². The Morgan fingerprint density at radius 2 is 1.83 bits per heavy atom. The van der Waals surface area contributed by atoms with Crippen LogP contribution in [0.4, 0.5) is 0 Å². The summed E-state index contributed by atoms with van der Waals surface area (Å²) in [5.41, 5.74) is 3.14. The maximum Gasteiger partial charge on any atom is 0.262 e. The molecule has 4 aromatic rings. The van der Waals surface area contributed by atoms with E-state index in [4.69, 9.17) is 12.2 Å². The van der Waals surface area contributed by atoms with E-state index < -0.39 is 0 Å². The molecule has 0 unspecified atom stereocenters. The summed E-state index contributed by atoms with van der Waals surface area (Å²) in [4.78, 5) is 17.3. The molecule has 0 saturated heterocycles. The second-order valence-electron chi connectivity index (χ2n) is 5.37. The molecule has 2 N–H and O–H groups in total. The molecule has 0 amide bonds. The average molecular weight is 336 g/mol. The van der Waals surface area contributed by atoms with Crippen molar-refractivity contribution >= 4 is 23.3 Å². The highest BCUT2D eigenvalue weighted by atomic mass is 32.1. The summed E-state index contributed by atoms with van der Waals surface area (Å²) < 4.78 is 1.74. The number of nitrogens with zero attached hydrogens (tertiary/aromatic N) is 4. The molecule has 8 heteroatoms. The van der Waals surface area contributed by atoms with Gasteiger partial charge in [-0.05, 0) is 31.3 Å². The van der Waals surface area contributed by atoms with E-state index in [9.17, 15) is 4.79 Å². The molecule has 3 aromatic heterocycles. The number of benzene rings is 1. The Hall–Kier alpha value is -3.13. The third-order valence-corrected chi connectivity index (χ3v) is 3.89. The number of aromatic amines is 2. The largest absolute Gasteiger partial charge is 0.316 e. The zero-order chi connectivity index (χ0) is 16.7. The van der Waals surface area contributed by atoms with Crippen molar-refractivity contribution < 1.29 is 0 Å². The summed E-state index contributed by atoms with van der Waals surface area (Å²) >= 11 is 5.01. The summed E-state index contributed by atoms with van der Waals surface area (Å²) in [7, 11) is 0. The van der Waals surface area contributed by atoms with Crippen LogP contribution < -0.4 is 5.56 Å². The fourth-order valence-corrected chi connectivity index (χ4v) is 2.62. The first kappa shape index (κ1) is 14.5. The molecule has 1 aromatic carbocycles. The number of hydrogen-bond acceptors (Lipinski definition) is 5. The van der Waals surface area contributed by atoms with Gasteiger partial charge < -0.3 is 4.98 Å². The maximum atomic E-state index is 11.9. The monoisotopic (exact) mass is 336 g/mol. The van der Waals surface area contributed by atoms with Gasteiger partial charge in [0, 0.05) is 5.56 Å². The first-order valence-electron chi connectivity index (χ1n) is 7.23. The van der Waals surface area contributed by atoms with Gasteiger partial charge in [0.05, 0.1) is 11.9 Å². The molecule has 0 saturated carbocycles. The van der Waals surface area contributed by atoms with E-state index in [1.165, 1.54) is 16.4 Å². The van der Waals surface area contributed by atoms with Gasteiger partial charge in [-0.1, -0.05) is 29.8 Å². The number of rotatable bonds is 2. The number of nitrogens with one attached hydrogen (secondary N) is 2. The van der Waals surface area contributed by atoms with Gasteiger partial charge in [-0.15, -0.1) is 10.2 Å². The summed E-state index contributed by atoms with van der Waals surface area (Å²) in [6, 6.07) is 11.7. The quantitative estimate of drug-likeness (QED) is 0.549. The molecule has 24 heavy (non-hydrogen) atoms. The molecule has 0 bridgehead atoms. The molecule has 0 aliphatic heterocycles. The molecule has 118 valence electrons. The van der Waals surface area contributed by atoms with Crippen molar-refractivity contribution in [2.75, 3.05) is 0 Å². The third kappa shape index (κ3) is 2.42. The fraction of sp³-hybridized carbons (Fsp3) is 0.0625. The van der Waals surface area contributed by atoms with E-state index in [0.717, 1.165) is 11.3 Å². The lowest BCUT2D eigenvalue weighted by atomic mass is 10.1. The molecule has 0 spiro atoms. The lowest BCUT2D eigenvalue weighted by Gasteiger charge is -2.04. The standard InChI is InChI=1S/C16H12N6OS/c1-9-2-4-10(5-3-9)12-6-7-13(21-20-12)22-14-11(8-17-22)15(23)19-16(24)18-14/h2-8H,1H3,(H2,18,19,23,24). The van der Waals surface area contributed by atoms with Crippen molar-refractivity contribution in [2.24, 2.45) is 0 Å². The number of fused-ring (bicyclic) bond motifs is 1. The Morgan fingerprint density at radius 3 is 2.54 bits per heavy atom. The van der Waals surface area contributed by atoms with Gasteiger partial charge in [-0.2, -0.15) is 9.78 Å². The average Bonchev–Trinajstić information content (AvgIpc) is 3.00. The van der Waals surface area contributed by atoms with E-state index in [1.807, 2.05) is 37.3 Å². The molecule has 0 aliphatic carbocycles. The van der Waals surface area contributed by atoms with E-state index in [-0.39, 0.29) is 10.3 Å². The zero-order valence-electron chi connectivity index (χ0n) is 12.6. The zero-order valence-corrected chi connectivity index (χ0v) is 13.5. The summed E-state index contributed by atoms with van der Waals surface area (Å²) in [5.74, 6) is 0.497. The van der Waals surface area contributed by atoms with E-state index in [0.29, 0.717) is 16.9 Å². The van der Waals surface area contributed by atoms with Crippen molar-refractivity contribution in [3.63, 3.8) is 0 Å². The first-order valence-corrected chi connectivity index (χ1v) is 7.64. The van der Waals surface area contributed by atoms with Gasteiger partial charge >= 0.3 is 0 Å². The SMILES string of the molecule is Cc1ccc(-c2ccc(-n3ncc4c(=O)[nH]c(=S)[nH]c43)nn2)cc1. The minimum Gasteiger partial charge on any atom is -0.316 e. The summed E-state index contributed by atoms with van der Waals surface area (Å²) in [5, 5.41) is 13.1. The molecular weight excluding hydrogens is 324 g/mol. The van der Waals surface area contributed by atoms with Gasteiger partial charge in [0.15, 0.2) is 16.2 Å². The molecule has 4 rings (SSSR count). The van der Waals surface area contributed by atoms with Crippen LogP contribution >= 0.6 is 12.2 Å². The third-order valence-electron chi connectivity index (χ3n) is 3.69. The van der Waals surface area contributed by atoms with Crippen LogP contribution in [-0.2, 0) is 0 Å². The molecule has 3 heterocycles. The first-order chi connectivity index (χ1) is 11.6. The summed E-state index contributed by atoms with van der Waals surface area (Å²) in [6.07, 6.45) is 1.47. The Morgan fingerprint density at radius 1 is 1.04 bits per heavy atom. The van der Waals surface area contributed by atoms with Gasteiger partial charge in [-0.3, -0.25) is 9.78 Å². The van der Waals surface area contributed by atoms with E-state index >= 15 is 0 Å². The molecule has 0 fully saturated rings. The molecule has 0 atom stereocenters. The van der Waals surface area contributed by atoms with Crippen LogP contribution in [0, 0.1) is 11.7 Å². The predicted molar refractivity (Wildman–Crippen MR) is 92.6 cm³/mol. The van der Waals surface area contributed by atoms with Crippen molar-refractivity contribution in [3.05, 3.63) is 63.3 Å². The van der Waals surface area contributed by atoms with E-state index in [1.54, 1.807) is 6.07 Å². The Labute approximate surface area is 141 Å². The van der Waals surface area contributed by atoms with Crippen LogP contribution in [0.25, 0.3) is 28.1 Å². The lowest BCUT2D eigenvalue weighted by Crippen LogP contribution is -2.09. The van der Waals surface area contributed by atoms with Crippen molar-refractivity contribution in [1.29, 1.82) is 0 Å². The highest BCUT2D eigenvalue weighted by molar-refractivity contribution is 7.71. The smallest absolute Gasteiger partial charge is 0.262 e. The van der Waals surface area contributed by atoms with Crippen LogP contribution in [0.2, 0.25) is 0 Å². The van der Waals surface area contributed by atoms with Crippen LogP contribution in [0.15, 0.2) is 47.4 Å². The number of hydrogen-bond donors (Lipinski definition) is 2. The molecule has 7 nitrogen and oxygen atoms in total. The fourth-order valence-electron chi connectivity index (χ4n) is 2.43. The Bertz CT molecular complexity index is 1140. The number of aryl methyl sites for hydroxylation is 1. The minimum atomic E-state index is -0.288. The van der Waals surface area contributed by atoms with Gasteiger partial charge in [0.1, 0.15) is 5.39 Å². The van der Waals surface area contributed by atoms with Crippen molar-refractivity contribution in [1.82, 2.24) is 29.9 Å². The molecule has 0 radical (unpaired) electrons. The maximum absolute atomic E-state index is 11.9. The van der Waals surface area contributed by atoms with Crippen molar-refractivity contribution in [2.45, 2.75) is 6.92 Å². The Balaban J connectivity index is 1.80. The van der Waals surface area contributed by atoms with Crippen LogP contribution in [-0.4, -0.2) is 29.9 Å². The second kappa shape index (κ2) is 5.50. The molecule has 0 aliphatic rings. The van der Waals surface area contributed by atoms with E-state index in [2.05, 4.69) is 25.3 Å². The minimum absolute atomic E-state index is 0.235. The highest BCUT2D eigenvalue weighted by Crippen LogP contribution is 2.18. The normalized spacial score (nSPS) is 11.0. The van der Waals surface area contributed by atoms with Crippen LogP contribution in [0.3, 0.4) is 0 Å². The molecular formula is C16H12N6OS. The number of aromatic nitrogens is 6. The van der Waals surface area contributed by atoms with Gasteiger partial charge in [-0.25, -0.2) is 0 Å².